The number of amides is 1. The van der Waals surface area contributed by atoms with Gasteiger partial charge in [-0.1, -0.05) is 6.07 Å². The van der Waals surface area contributed by atoms with Crippen molar-refractivity contribution in [3.05, 3.63) is 52.3 Å². The molecule has 242 valence electrons. The lowest BCUT2D eigenvalue weighted by Gasteiger charge is -2.69. The quantitative estimate of drug-likeness (QED) is 0.214. The average molecular weight is 651 g/mol. The summed E-state index contributed by atoms with van der Waals surface area (Å²) in [5, 5.41) is 18.2. The molecule has 8 rings (SSSR count). The molecule has 2 bridgehead atoms. The van der Waals surface area contributed by atoms with Crippen molar-refractivity contribution in [2.75, 3.05) is 31.5 Å². The minimum Gasteiger partial charge on any atom is -0.367 e. The first-order valence-corrected chi connectivity index (χ1v) is 16.6. The normalized spacial score (nSPS) is 23.2. The fraction of sp³-hybridized carbons (Fsp3) is 0.515. The molecule has 3 saturated carbocycles. The first kappa shape index (κ1) is 30.9. The van der Waals surface area contributed by atoms with Crippen LogP contribution in [-0.4, -0.2) is 63.7 Å². The van der Waals surface area contributed by atoms with Crippen molar-refractivity contribution in [3.8, 4) is 6.07 Å². The maximum atomic E-state index is 12.9. The summed E-state index contributed by atoms with van der Waals surface area (Å²) in [5.74, 6) is 0.710. The maximum absolute atomic E-state index is 12.9. The Kier molecular flexibility index (Phi) is 7.73. The molecule has 1 aromatic carbocycles. The number of nitrogens with zero attached hydrogens (tertiary/aromatic N) is 5. The highest BCUT2D eigenvalue weighted by atomic mass is 32.1. The molecule has 46 heavy (non-hydrogen) atoms. The van der Waals surface area contributed by atoms with Gasteiger partial charge in [0, 0.05) is 61.1 Å². The molecular formula is C33H37F3N8OS. The number of hydrogen-bond donors (Lipinski definition) is 3. The summed E-state index contributed by atoms with van der Waals surface area (Å²) in [7, 11) is 0. The van der Waals surface area contributed by atoms with Gasteiger partial charge in [0.1, 0.15) is 28.7 Å². The van der Waals surface area contributed by atoms with Gasteiger partial charge >= 0.3 is 6.18 Å². The Morgan fingerprint density at radius 3 is 2.63 bits per heavy atom. The van der Waals surface area contributed by atoms with Crippen LogP contribution >= 0.6 is 11.3 Å². The minimum absolute atomic E-state index is 0.0783. The minimum atomic E-state index is -4.26. The average Bonchev–Trinajstić information content (AvgIpc) is 3.55. The fourth-order valence-electron chi connectivity index (χ4n) is 8.05. The van der Waals surface area contributed by atoms with Crippen LogP contribution < -0.4 is 16.4 Å². The lowest BCUT2D eigenvalue weighted by molar-refractivity contribution is -0.212. The summed E-state index contributed by atoms with van der Waals surface area (Å²) in [5.41, 5.74) is 9.51. The second kappa shape index (κ2) is 11.5. The maximum Gasteiger partial charge on any atom is 0.393 e. The van der Waals surface area contributed by atoms with Crippen LogP contribution in [0.15, 0.2) is 30.6 Å². The number of benzene rings is 1. The number of aromatic nitrogens is 3. The van der Waals surface area contributed by atoms with Crippen LogP contribution in [0.1, 0.15) is 53.8 Å². The van der Waals surface area contributed by atoms with Crippen LogP contribution in [0.4, 0.5) is 19.0 Å². The molecule has 3 aromatic heterocycles. The van der Waals surface area contributed by atoms with E-state index in [1.807, 2.05) is 6.07 Å². The second-order valence-corrected chi connectivity index (χ2v) is 14.6. The van der Waals surface area contributed by atoms with Gasteiger partial charge in [-0.25, -0.2) is 9.97 Å². The predicted molar refractivity (Wildman–Crippen MR) is 171 cm³/mol. The van der Waals surface area contributed by atoms with E-state index in [0.29, 0.717) is 34.8 Å². The highest BCUT2D eigenvalue weighted by Crippen LogP contribution is 2.74. The summed E-state index contributed by atoms with van der Waals surface area (Å²) in [6.45, 7) is 6.37. The first-order valence-electron chi connectivity index (χ1n) is 15.8. The van der Waals surface area contributed by atoms with Crippen molar-refractivity contribution in [2.45, 2.75) is 70.8 Å². The number of anilines is 1. The van der Waals surface area contributed by atoms with E-state index in [-0.39, 0.29) is 27.7 Å². The van der Waals surface area contributed by atoms with E-state index < -0.39 is 12.6 Å². The van der Waals surface area contributed by atoms with Crippen molar-refractivity contribution >= 4 is 44.2 Å². The van der Waals surface area contributed by atoms with E-state index >= 15 is 0 Å². The number of nitriles is 1. The number of piperidine rings is 1. The number of nitrogens with one attached hydrogen (secondary N) is 2. The largest absolute Gasteiger partial charge is 0.393 e. The molecule has 1 aliphatic heterocycles. The van der Waals surface area contributed by atoms with Crippen LogP contribution in [0.25, 0.3) is 21.1 Å². The van der Waals surface area contributed by atoms with Gasteiger partial charge in [-0.15, -0.1) is 11.3 Å². The number of fused-ring (bicyclic) bond motifs is 2. The molecule has 3 aliphatic carbocycles. The highest BCUT2D eigenvalue weighted by molar-refractivity contribution is 7.18. The summed E-state index contributed by atoms with van der Waals surface area (Å²) < 4.78 is 41.0. The van der Waals surface area contributed by atoms with Gasteiger partial charge in [-0.3, -0.25) is 9.69 Å². The summed E-state index contributed by atoms with van der Waals surface area (Å²) in [6.07, 6.45) is 0.532. The molecule has 13 heteroatoms. The summed E-state index contributed by atoms with van der Waals surface area (Å²) in [6, 6.07) is 10.4. The molecule has 0 atom stereocenters. The molecule has 4 N–H and O–H groups in total. The zero-order valence-electron chi connectivity index (χ0n) is 25.7. The monoisotopic (exact) mass is 650 g/mol. The molecule has 4 aliphatic rings. The van der Waals surface area contributed by atoms with Crippen molar-refractivity contribution < 1.29 is 18.0 Å². The van der Waals surface area contributed by atoms with Crippen LogP contribution in [0.3, 0.4) is 0 Å². The van der Waals surface area contributed by atoms with Gasteiger partial charge < -0.3 is 20.9 Å². The van der Waals surface area contributed by atoms with Crippen molar-refractivity contribution in [1.82, 2.24) is 24.8 Å². The number of nitrogens with two attached hydrogens (primary N) is 1. The molecule has 1 saturated heterocycles. The molecular weight excluding hydrogens is 613 g/mol. The van der Waals surface area contributed by atoms with E-state index in [0.717, 1.165) is 80.5 Å². The number of aryl methyl sites for hydroxylation is 1. The van der Waals surface area contributed by atoms with Gasteiger partial charge in [0.25, 0.3) is 0 Å². The highest BCUT2D eigenvalue weighted by Gasteiger charge is 2.71. The first-order chi connectivity index (χ1) is 22.0. The van der Waals surface area contributed by atoms with Gasteiger partial charge in [0.2, 0.25) is 5.91 Å². The Morgan fingerprint density at radius 2 is 1.93 bits per heavy atom. The Balaban J connectivity index is 0.984. The second-order valence-electron chi connectivity index (χ2n) is 13.5. The molecule has 0 radical (unpaired) electrons. The van der Waals surface area contributed by atoms with E-state index in [1.54, 1.807) is 6.07 Å². The number of rotatable bonds is 10. The summed E-state index contributed by atoms with van der Waals surface area (Å²) in [4.78, 5) is 24.3. The fourth-order valence-corrected chi connectivity index (χ4v) is 9.07. The molecule has 0 unspecified atom stereocenters. The van der Waals surface area contributed by atoms with Gasteiger partial charge in [0.15, 0.2) is 0 Å². The number of alkyl halides is 3. The zero-order chi connectivity index (χ0) is 32.3. The molecule has 1 amide bonds. The molecule has 4 aromatic rings. The predicted octanol–water partition coefficient (Wildman–Crippen LogP) is 5.25. The van der Waals surface area contributed by atoms with Crippen molar-refractivity contribution in [1.29, 1.82) is 5.26 Å². The third-order valence-corrected chi connectivity index (χ3v) is 11.2. The topological polar surface area (TPSA) is 125 Å². The smallest absolute Gasteiger partial charge is 0.367 e. The zero-order valence-corrected chi connectivity index (χ0v) is 26.5. The number of carbonyl (C=O) groups excluding carboxylic acids is 1. The number of halogens is 3. The molecule has 9 nitrogen and oxygen atoms in total. The molecule has 4 heterocycles. The van der Waals surface area contributed by atoms with E-state index in [9.17, 15) is 23.2 Å². The lowest BCUT2D eigenvalue weighted by Crippen LogP contribution is -2.69. The van der Waals surface area contributed by atoms with Gasteiger partial charge in [-0.2, -0.15) is 18.4 Å². The third-order valence-electron chi connectivity index (χ3n) is 10.2. The van der Waals surface area contributed by atoms with Crippen molar-refractivity contribution in [3.63, 3.8) is 0 Å². The number of hydrogen-bond acceptors (Lipinski definition) is 8. The third kappa shape index (κ3) is 5.60. The number of likely N-dealkylation sites (tertiary alicyclic amines) is 1. The number of carbonyl (C=O) groups is 1. The summed E-state index contributed by atoms with van der Waals surface area (Å²) >= 11 is 1.06. The van der Waals surface area contributed by atoms with E-state index in [4.69, 9.17) is 5.73 Å². The molecule has 4 fully saturated rings. The van der Waals surface area contributed by atoms with E-state index in [1.165, 1.54) is 17.5 Å². The van der Waals surface area contributed by atoms with Gasteiger partial charge in [-0.05, 0) is 73.8 Å². The Labute approximate surface area is 269 Å². The van der Waals surface area contributed by atoms with Crippen molar-refractivity contribution in [2.24, 2.45) is 16.6 Å². The lowest BCUT2D eigenvalue weighted by atomic mass is 9.35. The SMILES string of the molecule is Cc1c(CN2CCC(Nc3ncnc4sc(CC(F)(F)F)cc34)CC2)ccc2c1cc(C#N)n2CC12CC(C(=O)NCCN)(C1)C2. The van der Waals surface area contributed by atoms with Gasteiger partial charge in [0.05, 0.1) is 17.2 Å². The van der Waals surface area contributed by atoms with E-state index in [2.05, 4.69) is 55.2 Å². The van der Waals surface area contributed by atoms with Crippen LogP contribution in [0.2, 0.25) is 0 Å². The standard InChI is InChI=1S/C33H37F3N8OS/c1-20-21(2-3-27-25(20)10-23(13-38)44(27)18-31-15-32(16-31,17-31)30(45)39-7-6-37)14-43-8-4-22(5-9-43)42-28-26-11-24(12-33(34,35)36)46-29(26)41-19-40-28/h2-3,10-11,19,22H,4-9,12,14-18,37H2,1H3,(H,39,45)(H,40,41,42). The molecule has 0 spiro atoms. The Hall–Kier alpha value is -3.73. The Morgan fingerprint density at radius 1 is 1.17 bits per heavy atom. The number of thiophene rings is 1. The van der Waals surface area contributed by atoms with Crippen LogP contribution in [-0.2, 0) is 24.3 Å². The Bertz CT molecular complexity index is 1830. The van der Waals surface area contributed by atoms with Crippen LogP contribution in [0.5, 0.6) is 0 Å². The van der Waals surface area contributed by atoms with Crippen LogP contribution in [0, 0.1) is 29.1 Å².